The summed E-state index contributed by atoms with van der Waals surface area (Å²) in [6, 6.07) is 3.82. The van der Waals surface area contributed by atoms with Crippen molar-refractivity contribution in [3.63, 3.8) is 0 Å². The minimum atomic E-state index is 0.0934. The Bertz CT molecular complexity index is 1010. The van der Waals surface area contributed by atoms with Gasteiger partial charge in [-0.05, 0) is 38.1 Å². The van der Waals surface area contributed by atoms with Crippen LogP contribution in [0.1, 0.15) is 30.1 Å². The number of hydrogen-bond donors (Lipinski definition) is 1. The standard InChI is InChI=1S/C23H31ClN6O3/c1-28-7-2-3-16(13-28)23(31)25-6-4-21-26-27-22-5-8-29(9-10-30(21)22)14-17-11-19-20(12-18(17)24)33-15-32-19/h11-12,16H,2-10,13-15H2,1H3,(H,25,31). The zero-order valence-electron chi connectivity index (χ0n) is 19.1. The maximum atomic E-state index is 12.5. The lowest BCUT2D eigenvalue weighted by Gasteiger charge is -2.28. The van der Waals surface area contributed by atoms with Crippen LogP contribution in [0.4, 0.5) is 0 Å². The topological polar surface area (TPSA) is 84.8 Å². The van der Waals surface area contributed by atoms with E-state index < -0.39 is 0 Å². The number of aromatic nitrogens is 3. The first kappa shape index (κ1) is 22.4. The van der Waals surface area contributed by atoms with E-state index in [1.165, 1.54) is 0 Å². The molecule has 1 aromatic carbocycles. The molecule has 3 aliphatic heterocycles. The van der Waals surface area contributed by atoms with Gasteiger partial charge in [0.1, 0.15) is 11.6 Å². The van der Waals surface area contributed by atoms with Gasteiger partial charge in [0.2, 0.25) is 12.7 Å². The summed E-state index contributed by atoms with van der Waals surface area (Å²) in [4.78, 5) is 17.1. The summed E-state index contributed by atoms with van der Waals surface area (Å²) >= 11 is 6.48. The van der Waals surface area contributed by atoms with E-state index in [2.05, 4.69) is 36.9 Å². The molecule has 33 heavy (non-hydrogen) atoms. The first-order valence-electron chi connectivity index (χ1n) is 11.7. The van der Waals surface area contributed by atoms with Gasteiger partial charge in [-0.3, -0.25) is 9.69 Å². The van der Waals surface area contributed by atoms with Crippen LogP contribution >= 0.6 is 11.6 Å². The lowest BCUT2D eigenvalue weighted by atomic mass is 9.97. The summed E-state index contributed by atoms with van der Waals surface area (Å²) in [6.07, 6.45) is 3.57. The number of hydrogen-bond acceptors (Lipinski definition) is 7. The largest absolute Gasteiger partial charge is 0.454 e. The Morgan fingerprint density at radius 2 is 2.03 bits per heavy atom. The van der Waals surface area contributed by atoms with Gasteiger partial charge in [-0.15, -0.1) is 10.2 Å². The summed E-state index contributed by atoms with van der Waals surface area (Å²) in [6.45, 7) is 6.08. The summed E-state index contributed by atoms with van der Waals surface area (Å²) in [7, 11) is 2.08. The quantitative estimate of drug-likeness (QED) is 0.682. The molecule has 1 amide bonds. The molecule has 5 rings (SSSR count). The second-order valence-corrected chi connectivity index (χ2v) is 9.56. The lowest BCUT2D eigenvalue weighted by Crippen LogP contribution is -2.42. The van der Waals surface area contributed by atoms with Crippen LogP contribution in [0.15, 0.2) is 12.1 Å². The van der Waals surface area contributed by atoms with Gasteiger partial charge in [0.25, 0.3) is 0 Å². The number of carbonyl (C=O) groups excluding carboxylic acids is 1. The van der Waals surface area contributed by atoms with Crippen molar-refractivity contribution in [1.29, 1.82) is 0 Å². The third-order valence-electron chi connectivity index (χ3n) is 6.77. The van der Waals surface area contributed by atoms with Crippen LogP contribution in [-0.4, -0.2) is 77.0 Å². The average Bonchev–Trinajstić information content (AvgIpc) is 3.36. The van der Waals surface area contributed by atoms with Crippen molar-refractivity contribution in [2.75, 3.05) is 46.6 Å². The van der Waals surface area contributed by atoms with Gasteiger partial charge in [0.15, 0.2) is 11.5 Å². The number of ether oxygens (including phenoxy) is 2. The fourth-order valence-corrected chi connectivity index (χ4v) is 5.13. The van der Waals surface area contributed by atoms with E-state index in [-0.39, 0.29) is 18.6 Å². The molecule has 0 saturated carbocycles. The van der Waals surface area contributed by atoms with Crippen molar-refractivity contribution in [2.45, 2.75) is 38.8 Å². The number of nitrogens with zero attached hydrogens (tertiary/aromatic N) is 5. The molecule has 3 aliphatic rings. The monoisotopic (exact) mass is 474 g/mol. The van der Waals surface area contributed by atoms with E-state index in [0.717, 1.165) is 81.5 Å². The molecule has 1 N–H and O–H groups in total. The van der Waals surface area contributed by atoms with Gasteiger partial charge in [0.05, 0.1) is 5.92 Å². The van der Waals surface area contributed by atoms with Crippen molar-refractivity contribution in [2.24, 2.45) is 5.92 Å². The number of benzene rings is 1. The molecule has 1 atom stereocenters. The normalized spacial score (nSPS) is 21.0. The van der Waals surface area contributed by atoms with Crippen molar-refractivity contribution >= 4 is 17.5 Å². The third kappa shape index (κ3) is 5.10. The number of fused-ring (bicyclic) bond motifs is 2. The first-order chi connectivity index (χ1) is 16.1. The average molecular weight is 475 g/mol. The fraction of sp³-hybridized carbons (Fsp3) is 0.609. The van der Waals surface area contributed by atoms with Crippen LogP contribution in [0.5, 0.6) is 11.5 Å². The van der Waals surface area contributed by atoms with E-state index in [0.29, 0.717) is 23.7 Å². The van der Waals surface area contributed by atoms with E-state index in [4.69, 9.17) is 21.1 Å². The number of nitrogens with one attached hydrogen (secondary N) is 1. The molecule has 4 heterocycles. The highest BCUT2D eigenvalue weighted by Gasteiger charge is 2.24. The molecule has 178 valence electrons. The van der Waals surface area contributed by atoms with Crippen LogP contribution in [0.3, 0.4) is 0 Å². The fourth-order valence-electron chi connectivity index (χ4n) is 4.91. The summed E-state index contributed by atoms with van der Waals surface area (Å²) in [5, 5.41) is 12.6. The van der Waals surface area contributed by atoms with Crippen LogP contribution in [0.25, 0.3) is 0 Å². The predicted octanol–water partition coefficient (Wildman–Crippen LogP) is 1.72. The molecular weight excluding hydrogens is 444 g/mol. The number of carbonyl (C=O) groups is 1. The third-order valence-corrected chi connectivity index (χ3v) is 7.13. The summed E-state index contributed by atoms with van der Waals surface area (Å²) in [5.74, 6) is 3.65. The van der Waals surface area contributed by atoms with Crippen molar-refractivity contribution in [3.05, 3.63) is 34.4 Å². The maximum Gasteiger partial charge on any atom is 0.231 e. The zero-order chi connectivity index (χ0) is 22.8. The molecule has 0 bridgehead atoms. The highest BCUT2D eigenvalue weighted by molar-refractivity contribution is 6.31. The van der Waals surface area contributed by atoms with Crippen LogP contribution in [-0.2, 0) is 30.7 Å². The van der Waals surface area contributed by atoms with Crippen molar-refractivity contribution < 1.29 is 14.3 Å². The molecule has 1 aromatic heterocycles. The molecule has 0 aliphatic carbocycles. The maximum absolute atomic E-state index is 12.5. The van der Waals surface area contributed by atoms with E-state index in [1.54, 1.807) is 0 Å². The van der Waals surface area contributed by atoms with Crippen LogP contribution in [0.2, 0.25) is 5.02 Å². The van der Waals surface area contributed by atoms with Gasteiger partial charge in [0, 0.05) is 63.2 Å². The molecule has 1 fully saturated rings. The highest BCUT2D eigenvalue weighted by atomic mass is 35.5. The van der Waals surface area contributed by atoms with E-state index in [9.17, 15) is 4.79 Å². The smallest absolute Gasteiger partial charge is 0.231 e. The van der Waals surface area contributed by atoms with Gasteiger partial charge in [-0.2, -0.15) is 0 Å². The molecule has 0 radical (unpaired) electrons. The number of likely N-dealkylation sites (tertiary alicyclic amines) is 1. The molecular formula is C23H31ClN6O3. The highest BCUT2D eigenvalue weighted by Crippen LogP contribution is 2.37. The minimum Gasteiger partial charge on any atom is -0.454 e. The van der Waals surface area contributed by atoms with Gasteiger partial charge < -0.3 is 24.3 Å². The summed E-state index contributed by atoms with van der Waals surface area (Å²) in [5.41, 5.74) is 1.04. The number of halogens is 1. The molecule has 0 spiro atoms. The Morgan fingerprint density at radius 3 is 2.88 bits per heavy atom. The van der Waals surface area contributed by atoms with Crippen LogP contribution in [0, 0.1) is 5.92 Å². The zero-order valence-corrected chi connectivity index (χ0v) is 19.8. The van der Waals surface area contributed by atoms with Crippen LogP contribution < -0.4 is 14.8 Å². The number of amides is 1. The van der Waals surface area contributed by atoms with E-state index >= 15 is 0 Å². The Hall–Kier alpha value is -2.36. The second-order valence-electron chi connectivity index (χ2n) is 9.15. The number of piperidine rings is 1. The Morgan fingerprint density at radius 1 is 1.18 bits per heavy atom. The van der Waals surface area contributed by atoms with Gasteiger partial charge >= 0.3 is 0 Å². The minimum absolute atomic E-state index is 0.0934. The van der Waals surface area contributed by atoms with E-state index in [1.807, 2.05) is 12.1 Å². The molecule has 2 aromatic rings. The van der Waals surface area contributed by atoms with Gasteiger partial charge in [-0.1, -0.05) is 11.6 Å². The molecule has 9 nitrogen and oxygen atoms in total. The van der Waals surface area contributed by atoms with Crippen molar-refractivity contribution in [1.82, 2.24) is 29.9 Å². The SMILES string of the molecule is CN1CCCC(C(=O)NCCc2nnc3n2CCN(Cc2cc4c(cc2Cl)OCO4)CC3)C1. The number of rotatable bonds is 6. The molecule has 1 unspecified atom stereocenters. The van der Waals surface area contributed by atoms with Crippen molar-refractivity contribution in [3.8, 4) is 11.5 Å². The Labute approximate surface area is 199 Å². The molecule has 10 heteroatoms. The Balaban J connectivity index is 1.15. The predicted molar refractivity (Wildman–Crippen MR) is 124 cm³/mol. The van der Waals surface area contributed by atoms with Gasteiger partial charge in [-0.25, -0.2) is 0 Å². The lowest BCUT2D eigenvalue weighted by molar-refractivity contribution is -0.126. The first-order valence-corrected chi connectivity index (χ1v) is 12.1. The summed E-state index contributed by atoms with van der Waals surface area (Å²) < 4.78 is 13.1. The second kappa shape index (κ2) is 9.87. The Kier molecular flexibility index (Phi) is 6.71. The molecule has 1 saturated heterocycles.